The van der Waals surface area contributed by atoms with Crippen molar-refractivity contribution >= 4 is 44.5 Å². The van der Waals surface area contributed by atoms with Crippen LogP contribution in [0.3, 0.4) is 0 Å². The van der Waals surface area contributed by atoms with E-state index in [-0.39, 0.29) is 10.8 Å². The smallest absolute Gasteiger partial charge is 0.253 e. The van der Waals surface area contributed by atoms with Crippen LogP contribution < -0.4 is 4.90 Å². The van der Waals surface area contributed by atoms with Crippen LogP contribution in [-0.2, 0) is 10.0 Å². The molecule has 2 aromatic heterocycles. The van der Waals surface area contributed by atoms with Crippen LogP contribution in [0.5, 0.6) is 0 Å². The van der Waals surface area contributed by atoms with Crippen molar-refractivity contribution in [2.75, 3.05) is 44.2 Å². The molecule has 0 spiro atoms. The molecule has 2 aliphatic rings. The van der Waals surface area contributed by atoms with Gasteiger partial charge in [0.15, 0.2) is 17.0 Å². The minimum atomic E-state index is -3.53. The largest absolute Gasteiger partial charge is 0.351 e. The fourth-order valence-electron chi connectivity index (χ4n) is 5.05. The number of fused-ring (bicyclic) bond motifs is 1. The highest BCUT2D eigenvalue weighted by Gasteiger charge is 2.28. The first-order chi connectivity index (χ1) is 18.9. The molecule has 2 aliphatic heterocycles. The molecule has 4 heterocycles. The molecule has 2 aromatic carbocycles. The molecule has 0 atom stereocenters. The lowest BCUT2D eigenvalue weighted by Crippen LogP contribution is -2.49. The molecule has 11 nitrogen and oxygen atoms in total. The number of rotatable bonds is 5. The van der Waals surface area contributed by atoms with Gasteiger partial charge in [-0.25, -0.2) is 18.4 Å². The zero-order valence-electron chi connectivity index (χ0n) is 21.1. The summed E-state index contributed by atoms with van der Waals surface area (Å²) in [5.74, 6) is 0.540. The van der Waals surface area contributed by atoms with E-state index in [1.165, 1.54) is 22.8 Å². The van der Waals surface area contributed by atoms with Crippen LogP contribution in [0, 0.1) is 0 Å². The summed E-state index contributed by atoms with van der Waals surface area (Å²) in [5, 5.41) is 9.24. The molecule has 39 heavy (non-hydrogen) atoms. The highest BCUT2D eigenvalue weighted by Crippen LogP contribution is 2.25. The Hall–Kier alpha value is -3.61. The molecule has 4 aromatic rings. The number of piperidine rings is 1. The van der Waals surface area contributed by atoms with Gasteiger partial charge in [0.05, 0.1) is 10.6 Å². The monoisotopic (exact) mass is 566 g/mol. The lowest BCUT2D eigenvalue weighted by molar-refractivity contribution is 0.0746. The summed E-state index contributed by atoms with van der Waals surface area (Å²) < 4.78 is 29.0. The average Bonchev–Trinajstić information content (AvgIpc) is 3.42. The molecule has 1 amide bonds. The molecule has 0 unspecified atom stereocenters. The van der Waals surface area contributed by atoms with Crippen molar-refractivity contribution in [1.29, 1.82) is 0 Å². The van der Waals surface area contributed by atoms with Crippen molar-refractivity contribution in [1.82, 2.24) is 34.2 Å². The highest BCUT2D eigenvalue weighted by atomic mass is 35.5. The second-order valence-corrected chi connectivity index (χ2v) is 12.0. The van der Waals surface area contributed by atoms with Gasteiger partial charge < -0.3 is 9.80 Å². The predicted molar refractivity (Wildman–Crippen MR) is 147 cm³/mol. The first-order valence-corrected chi connectivity index (χ1v) is 14.7. The molecule has 0 bridgehead atoms. The van der Waals surface area contributed by atoms with E-state index >= 15 is 0 Å². The number of halogens is 1. The minimum Gasteiger partial charge on any atom is -0.351 e. The molecule has 13 heteroatoms. The molecule has 2 fully saturated rings. The van der Waals surface area contributed by atoms with Crippen molar-refractivity contribution in [2.45, 2.75) is 24.2 Å². The minimum absolute atomic E-state index is 0.127. The lowest BCUT2D eigenvalue weighted by Gasteiger charge is -2.35. The van der Waals surface area contributed by atoms with Crippen LogP contribution in [0.25, 0.3) is 16.9 Å². The number of piperazine rings is 1. The van der Waals surface area contributed by atoms with E-state index in [1.54, 1.807) is 33.8 Å². The molecule has 202 valence electrons. The van der Waals surface area contributed by atoms with E-state index in [1.807, 2.05) is 12.1 Å². The van der Waals surface area contributed by atoms with E-state index in [0.717, 1.165) is 24.9 Å². The predicted octanol–water partition coefficient (Wildman–Crippen LogP) is 3.00. The van der Waals surface area contributed by atoms with Gasteiger partial charge in [-0.3, -0.25) is 4.79 Å². The maximum Gasteiger partial charge on any atom is 0.253 e. The van der Waals surface area contributed by atoms with E-state index in [9.17, 15) is 13.2 Å². The van der Waals surface area contributed by atoms with Gasteiger partial charge in [0.2, 0.25) is 10.0 Å². The van der Waals surface area contributed by atoms with Gasteiger partial charge in [-0.15, -0.1) is 5.10 Å². The van der Waals surface area contributed by atoms with E-state index < -0.39 is 10.0 Å². The maximum atomic E-state index is 13.2. The Kier molecular flexibility index (Phi) is 6.92. The van der Waals surface area contributed by atoms with Gasteiger partial charge in [0.25, 0.3) is 5.91 Å². The van der Waals surface area contributed by atoms with Gasteiger partial charge in [-0.05, 0) is 61.4 Å². The van der Waals surface area contributed by atoms with Gasteiger partial charge >= 0.3 is 0 Å². The molecule has 6 rings (SSSR count). The van der Waals surface area contributed by atoms with Crippen molar-refractivity contribution in [2.24, 2.45) is 0 Å². The summed E-state index contributed by atoms with van der Waals surface area (Å²) in [6.07, 6.45) is 4.30. The number of anilines is 1. The third kappa shape index (κ3) is 4.95. The number of benzene rings is 2. The summed E-state index contributed by atoms with van der Waals surface area (Å²) in [7, 11) is -3.53. The second kappa shape index (κ2) is 10.5. The van der Waals surface area contributed by atoms with Gasteiger partial charge in [0, 0.05) is 49.9 Å². The van der Waals surface area contributed by atoms with Gasteiger partial charge in [-0.2, -0.15) is 8.99 Å². The number of hydrogen-bond donors (Lipinski definition) is 0. The standard InChI is InChI=1S/C26H27ClN8O3S/c27-20-6-8-21(9-7-20)35-25-23(30-31-35)24(28-18-29-25)32-14-16-33(17-15-32)26(36)19-4-10-22(11-5-19)39(37,38)34-12-2-1-3-13-34/h4-11,18H,1-3,12-17H2. The first-order valence-electron chi connectivity index (χ1n) is 12.9. The van der Waals surface area contributed by atoms with Crippen LogP contribution >= 0.6 is 11.6 Å². The summed E-state index contributed by atoms with van der Waals surface area (Å²) in [5.41, 5.74) is 2.42. The summed E-state index contributed by atoms with van der Waals surface area (Å²) >= 11 is 6.01. The van der Waals surface area contributed by atoms with E-state index in [2.05, 4.69) is 25.2 Å². The Balaban J connectivity index is 1.14. The van der Waals surface area contributed by atoms with Gasteiger partial charge in [-0.1, -0.05) is 23.2 Å². The second-order valence-electron chi connectivity index (χ2n) is 9.62. The Morgan fingerprint density at radius 2 is 1.51 bits per heavy atom. The van der Waals surface area contributed by atoms with Gasteiger partial charge in [0.1, 0.15) is 6.33 Å². The fraction of sp³-hybridized carbons (Fsp3) is 0.346. The zero-order valence-corrected chi connectivity index (χ0v) is 22.7. The zero-order chi connectivity index (χ0) is 27.0. The number of hydrogen-bond acceptors (Lipinski definition) is 8. The summed E-state index contributed by atoms with van der Waals surface area (Å²) in [6.45, 7) is 3.19. The molecule has 0 N–H and O–H groups in total. The van der Waals surface area contributed by atoms with Crippen LogP contribution in [0.15, 0.2) is 59.8 Å². The van der Waals surface area contributed by atoms with Crippen molar-refractivity contribution in [3.8, 4) is 5.69 Å². The van der Waals surface area contributed by atoms with Crippen LogP contribution in [-0.4, -0.2) is 87.8 Å². The third-order valence-corrected chi connectivity index (χ3v) is 9.37. The molecule has 0 radical (unpaired) electrons. The molecule has 2 saturated heterocycles. The highest BCUT2D eigenvalue weighted by molar-refractivity contribution is 7.89. The topological polar surface area (TPSA) is 117 Å². The summed E-state index contributed by atoms with van der Waals surface area (Å²) in [6, 6.07) is 13.5. The number of carbonyl (C=O) groups is 1. The van der Waals surface area contributed by atoms with E-state index in [0.29, 0.717) is 66.8 Å². The van der Waals surface area contributed by atoms with E-state index in [4.69, 9.17) is 11.6 Å². The van der Waals surface area contributed by atoms with Crippen molar-refractivity contribution < 1.29 is 13.2 Å². The summed E-state index contributed by atoms with van der Waals surface area (Å²) in [4.78, 5) is 26.1. The maximum absolute atomic E-state index is 13.2. The fourth-order valence-corrected chi connectivity index (χ4v) is 6.70. The molecular formula is C26H27ClN8O3S. The molecule has 0 aliphatic carbocycles. The number of amides is 1. The average molecular weight is 567 g/mol. The molecular weight excluding hydrogens is 540 g/mol. The number of sulfonamides is 1. The Labute approximate surface area is 231 Å². The Morgan fingerprint density at radius 1 is 0.821 bits per heavy atom. The van der Waals surface area contributed by atoms with Crippen molar-refractivity contribution in [3.05, 3.63) is 65.4 Å². The SMILES string of the molecule is O=C(c1ccc(S(=O)(=O)N2CCCCC2)cc1)N1CCN(c2ncnc3c2nnn3-c2ccc(Cl)cc2)CC1. The lowest BCUT2D eigenvalue weighted by atomic mass is 10.2. The number of carbonyl (C=O) groups excluding carboxylic acids is 1. The van der Waals surface area contributed by atoms with Crippen LogP contribution in [0.2, 0.25) is 5.02 Å². The number of nitrogens with zero attached hydrogens (tertiary/aromatic N) is 8. The normalized spacial score (nSPS) is 17.1. The third-order valence-electron chi connectivity index (χ3n) is 7.21. The first kappa shape index (κ1) is 25.7. The number of aromatic nitrogens is 5. The quantitative estimate of drug-likeness (QED) is 0.362. The van der Waals surface area contributed by atoms with Crippen LogP contribution in [0.4, 0.5) is 5.82 Å². The Bertz CT molecular complexity index is 1590. The van der Waals surface area contributed by atoms with Crippen LogP contribution in [0.1, 0.15) is 29.6 Å². The van der Waals surface area contributed by atoms with Crippen molar-refractivity contribution in [3.63, 3.8) is 0 Å². The Morgan fingerprint density at radius 3 is 2.21 bits per heavy atom. The molecule has 0 saturated carbocycles.